The van der Waals surface area contributed by atoms with Gasteiger partial charge < -0.3 is 14.4 Å². The maximum atomic E-state index is 9.06. The number of para-hydroxylation sites is 1. The summed E-state index contributed by atoms with van der Waals surface area (Å²) in [6.45, 7) is 0.308. The van der Waals surface area contributed by atoms with Crippen molar-refractivity contribution < 1.29 is 14.4 Å². The smallest absolute Gasteiger partial charge is 0.134 e. The van der Waals surface area contributed by atoms with E-state index in [4.69, 9.17) is 9.84 Å². The molecule has 2 aromatic rings. The van der Waals surface area contributed by atoms with E-state index < -0.39 is 0 Å². The molecule has 2 rings (SSSR count). The van der Waals surface area contributed by atoms with Gasteiger partial charge in [0.25, 0.3) is 0 Å². The summed E-state index contributed by atoms with van der Waals surface area (Å²) in [5.41, 5.74) is 1.49. The van der Waals surface area contributed by atoms with Crippen LogP contribution in [0.25, 0.3) is 0 Å². The molecule has 0 aliphatic carbocycles. The van der Waals surface area contributed by atoms with Gasteiger partial charge in [-0.25, -0.2) is 0 Å². The first-order valence-corrected chi connectivity index (χ1v) is 4.61. The Morgan fingerprint density at radius 1 is 1.27 bits per heavy atom. The molecule has 0 radical (unpaired) electrons. The van der Waals surface area contributed by atoms with Crippen LogP contribution in [-0.2, 0) is 13.2 Å². The van der Waals surface area contributed by atoms with Gasteiger partial charge in [-0.15, -0.1) is 0 Å². The van der Waals surface area contributed by atoms with Crippen LogP contribution in [-0.4, -0.2) is 10.3 Å². The third-order valence-electron chi connectivity index (χ3n) is 2.01. The van der Waals surface area contributed by atoms with Crippen LogP contribution >= 0.6 is 0 Å². The molecule has 4 nitrogen and oxygen atoms in total. The van der Waals surface area contributed by atoms with E-state index >= 15 is 0 Å². The second-order valence-corrected chi connectivity index (χ2v) is 3.05. The normalized spacial score (nSPS) is 10.2. The topological polar surface area (TPSA) is 55.5 Å². The maximum absolute atomic E-state index is 9.06. The van der Waals surface area contributed by atoms with E-state index in [9.17, 15) is 0 Å². The lowest BCUT2D eigenvalue weighted by Gasteiger charge is -2.07. The number of aliphatic hydroxyl groups is 1. The Kier molecular flexibility index (Phi) is 2.99. The number of hydrogen-bond donors (Lipinski definition) is 1. The summed E-state index contributed by atoms with van der Waals surface area (Å²) in [7, 11) is 0. The molecule has 1 aromatic carbocycles. The predicted octanol–water partition coefficient (Wildman–Crippen LogP) is 1.75. The van der Waals surface area contributed by atoms with Crippen LogP contribution < -0.4 is 4.74 Å². The molecular weight excluding hydrogens is 194 g/mol. The largest absolute Gasteiger partial charge is 0.487 e. The molecule has 0 saturated carbocycles. The molecule has 1 N–H and O–H groups in total. The van der Waals surface area contributed by atoms with Crippen molar-refractivity contribution in [3.63, 3.8) is 0 Å². The summed E-state index contributed by atoms with van der Waals surface area (Å²) in [5.74, 6) is 0.669. The minimum absolute atomic E-state index is 0.0327. The van der Waals surface area contributed by atoms with Crippen molar-refractivity contribution in [3.05, 3.63) is 47.9 Å². The number of aliphatic hydroxyl groups excluding tert-OH is 1. The Morgan fingerprint density at radius 3 is 2.87 bits per heavy atom. The highest BCUT2D eigenvalue weighted by Gasteiger charge is 2.02. The molecule has 0 fully saturated rings. The van der Waals surface area contributed by atoms with Crippen molar-refractivity contribution in [1.82, 2.24) is 5.16 Å². The second kappa shape index (κ2) is 4.61. The summed E-state index contributed by atoms with van der Waals surface area (Å²) in [4.78, 5) is 0. The zero-order valence-corrected chi connectivity index (χ0v) is 8.09. The van der Waals surface area contributed by atoms with Gasteiger partial charge in [0.2, 0.25) is 0 Å². The predicted molar refractivity (Wildman–Crippen MR) is 53.2 cm³/mol. The minimum Gasteiger partial charge on any atom is -0.487 e. The molecule has 78 valence electrons. The van der Waals surface area contributed by atoms with Crippen molar-refractivity contribution >= 4 is 0 Å². The van der Waals surface area contributed by atoms with Crippen LogP contribution in [0, 0.1) is 0 Å². The van der Waals surface area contributed by atoms with Crippen LogP contribution in [0.4, 0.5) is 0 Å². The molecule has 0 amide bonds. The molecular formula is C11H11NO3. The zero-order chi connectivity index (χ0) is 10.5. The lowest BCUT2D eigenvalue weighted by molar-refractivity contribution is 0.254. The lowest BCUT2D eigenvalue weighted by Crippen LogP contribution is -1.98. The molecule has 0 atom stereocenters. The standard InChI is InChI=1S/C11H11NO3/c13-7-9-3-1-2-4-11(9)14-8-10-5-6-15-12-10/h1-6,13H,7-8H2. The van der Waals surface area contributed by atoms with E-state index in [1.54, 1.807) is 6.07 Å². The van der Waals surface area contributed by atoms with Crippen molar-refractivity contribution in [2.24, 2.45) is 0 Å². The van der Waals surface area contributed by atoms with Crippen molar-refractivity contribution in [2.45, 2.75) is 13.2 Å². The molecule has 0 saturated heterocycles. The van der Waals surface area contributed by atoms with Crippen LogP contribution in [0.1, 0.15) is 11.3 Å². The molecule has 4 heteroatoms. The molecule has 0 unspecified atom stereocenters. The number of ether oxygens (including phenoxy) is 1. The van der Waals surface area contributed by atoms with Crippen LogP contribution in [0.15, 0.2) is 41.1 Å². The van der Waals surface area contributed by atoms with Gasteiger partial charge in [0, 0.05) is 11.6 Å². The first-order chi connectivity index (χ1) is 7.40. The fraction of sp³-hybridized carbons (Fsp3) is 0.182. The van der Waals surface area contributed by atoms with E-state index in [0.717, 1.165) is 11.3 Å². The van der Waals surface area contributed by atoms with Crippen LogP contribution in [0.5, 0.6) is 5.75 Å². The fourth-order valence-corrected chi connectivity index (χ4v) is 1.24. The van der Waals surface area contributed by atoms with Gasteiger partial charge in [-0.3, -0.25) is 0 Å². The Labute approximate surface area is 87.1 Å². The Morgan fingerprint density at radius 2 is 2.13 bits per heavy atom. The van der Waals surface area contributed by atoms with Gasteiger partial charge in [-0.05, 0) is 6.07 Å². The van der Waals surface area contributed by atoms with Gasteiger partial charge in [0.15, 0.2) is 0 Å². The highest BCUT2D eigenvalue weighted by atomic mass is 16.5. The number of nitrogens with zero attached hydrogens (tertiary/aromatic N) is 1. The zero-order valence-electron chi connectivity index (χ0n) is 8.09. The fourth-order valence-electron chi connectivity index (χ4n) is 1.24. The number of rotatable bonds is 4. The van der Waals surface area contributed by atoms with Gasteiger partial charge in [0.05, 0.1) is 6.61 Å². The van der Waals surface area contributed by atoms with Crippen molar-refractivity contribution in [2.75, 3.05) is 0 Å². The third-order valence-corrected chi connectivity index (χ3v) is 2.01. The first kappa shape index (κ1) is 9.73. The molecule has 0 aliphatic heterocycles. The number of hydrogen-bond acceptors (Lipinski definition) is 4. The molecule has 15 heavy (non-hydrogen) atoms. The quantitative estimate of drug-likeness (QED) is 0.826. The van der Waals surface area contributed by atoms with Crippen molar-refractivity contribution in [3.8, 4) is 5.75 Å². The number of aromatic nitrogens is 1. The minimum atomic E-state index is -0.0327. The summed E-state index contributed by atoms with van der Waals surface area (Å²) in [5, 5.41) is 12.8. The van der Waals surface area contributed by atoms with Crippen LogP contribution in [0.3, 0.4) is 0 Å². The van der Waals surface area contributed by atoms with Crippen LogP contribution in [0.2, 0.25) is 0 Å². The second-order valence-electron chi connectivity index (χ2n) is 3.05. The Balaban J connectivity index is 2.04. The Hall–Kier alpha value is -1.81. The summed E-state index contributed by atoms with van der Waals surface area (Å²) in [6.07, 6.45) is 1.50. The summed E-state index contributed by atoms with van der Waals surface area (Å²) in [6, 6.07) is 9.08. The molecule has 1 aromatic heterocycles. The van der Waals surface area contributed by atoms with E-state index in [-0.39, 0.29) is 6.61 Å². The number of benzene rings is 1. The van der Waals surface area contributed by atoms with E-state index in [1.807, 2.05) is 24.3 Å². The highest BCUT2D eigenvalue weighted by molar-refractivity contribution is 5.32. The molecule has 0 bridgehead atoms. The average molecular weight is 205 g/mol. The van der Waals surface area contributed by atoms with E-state index in [2.05, 4.69) is 9.68 Å². The molecule has 0 aliphatic rings. The monoisotopic (exact) mass is 205 g/mol. The lowest BCUT2D eigenvalue weighted by atomic mass is 10.2. The molecule has 1 heterocycles. The average Bonchev–Trinajstić information content (AvgIpc) is 2.79. The van der Waals surface area contributed by atoms with E-state index in [0.29, 0.717) is 12.4 Å². The Bertz CT molecular complexity index is 412. The summed E-state index contributed by atoms with van der Waals surface area (Å²) < 4.78 is 10.2. The van der Waals surface area contributed by atoms with Gasteiger partial charge in [-0.2, -0.15) is 0 Å². The van der Waals surface area contributed by atoms with Gasteiger partial charge in [-0.1, -0.05) is 23.4 Å². The maximum Gasteiger partial charge on any atom is 0.134 e. The first-order valence-electron chi connectivity index (χ1n) is 4.61. The SMILES string of the molecule is OCc1ccccc1OCc1ccon1. The third kappa shape index (κ3) is 2.35. The van der Waals surface area contributed by atoms with E-state index in [1.165, 1.54) is 6.26 Å². The summed E-state index contributed by atoms with van der Waals surface area (Å²) >= 11 is 0. The highest BCUT2D eigenvalue weighted by Crippen LogP contribution is 2.18. The van der Waals surface area contributed by atoms with Crippen molar-refractivity contribution in [1.29, 1.82) is 0 Å². The molecule has 0 spiro atoms. The van der Waals surface area contributed by atoms with Gasteiger partial charge in [0.1, 0.15) is 24.3 Å². The van der Waals surface area contributed by atoms with Gasteiger partial charge >= 0.3 is 0 Å².